The maximum absolute atomic E-state index is 11.9. The van der Waals surface area contributed by atoms with Crippen LogP contribution >= 0.6 is 0 Å². The van der Waals surface area contributed by atoms with Gasteiger partial charge < -0.3 is 10.2 Å². The fourth-order valence-electron chi connectivity index (χ4n) is 2.33. The smallest absolute Gasteiger partial charge is 0.223 e. The van der Waals surface area contributed by atoms with Crippen molar-refractivity contribution in [3.63, 3.8) is 0 Å². The predicted octanol–water partition coefficient (Wildman–Crippen LogP) is 2.18. The summed E-state index contributed by atoms with van der Waals surface area (Å²) in [5.41, 5.74) is 1.27. The lowest BCUT2D eigenvalue weighted by Crippen LogP contribution is -2.37. The molecule has 1 fully saturated rings. The molecule has 1 aliphatic rings. The Morgan fingerprint density at radius 2 is 1.83 bits per heavy atom. The van der Waals surface area contributed by atoms with Crippen LogP contribution in [-0.4, -0.2) is 30.4 Å². The number of carbonyl (C=O) groups excluding carboxylic acids is 1. The zero-order chi connectivity index (χ0) is 12.6. The van der Waals surface area contributed by atoms with Crippen molar-refractivity contribution < 1.29 is 4.79 Å². The van der Waals surface area contributed by atoms with E-state index in [4.69, 9.17) is 0 Å². The number of hydrogen-bond donors (Lipinski definition) is 1. The second-order valence-electron chi connectivity index (χ2n) is 4.85. The van der Waals surface area contributed by atoms with E-state index in [0.717, 1.165) is 26.2 Å². The fourth-order valence-corrected chi connectivity index (χ4v) is 2.33. The fraction of sp³-hybridized carbons (Fsp3) is 0.533. The third-order valence-corrected chi connectivity index (χ3v) is 3.40. The molecule has 0 atom stereocenters. The zero-order valence-electron chi connectivity index (χ0n) is 10.9. The summed E-state index contributed by atoms with van der Waals surface area (Å²) >= 11 is 0. The molecule has 1 saturated heterocycles. The van der Waals surface area contributed by atoms with Crippen LogP contribution in [0.25, 0.3) is 0 Å². The standard InChI is InChI=1S/C15H22N2O/c18-15(17-11-5-2-6-12-17)9-10-16-13-14-7-3-1-4-8-14/h1,3-4,7-8,16H,2,5-6,9-13H2. The van der Waals surface area contributed by atoms with Crippen molar-refractivity contribution in [3.8, 4) is 0 Å². The van der Waals surface area contributed by atoms with Crippen LogP contribution in [0.15, 0.2) is 30.3 Å². The van der Waals surface area contributed by atoms with Gasteiger partial charge in [-0.1, -0.05) is 30.3 Å². The SMILES string of the molecule is O=C(CCNCc1ccccc1)N1CCCCC1. The Kier molecular flexibility index (Phi) is 5.21. The summed E-state index contributed by atoms with van der Waals surface area (Å²) in [5, 5.41) is 3.32. The minimum Gasteiger partial charge on any atom is -0.343 e. The Balaban J connectivity index is 1.61. The molecule has 1 heterocycles. The van der Waals surface area contributed by atoms with Gasteiger partial charge in [-0.25, -0.2) is 0 Å². The van der Waals surface area contributed by atoms with Crippen LogP contribution in [0.5, 0.6) is 0 Å². The van der Waals surface area contributed by atoms with Crippen molar-refractivity contribution in [2.24, 2.45) is 0 Å². The Hall–Kier alpha value is -1.35. The van der Waals surface area contributed by atoms with Crippen molar-refractivity contribution in [1.29, 1.82) is 0 Å². The van der Waals surface area contributed by atoms with E-state index in [1.807, 2.05) is 23.1 Å². The van der Waals surface area contributed by atoms with E-state index in [9.17, 15) is 4.79 Å². The number of likely N-dealkylation sites (tertiary alicyclic amines) is 1. The molecule has 3 heteroatoms. The van der Waals surface area contributed by atoms with Gasteiger partial charge in [0, 0.05) is 32.6 Å². The number of carbonyl (C=O) groups is 1. The van der Waals surface area contributed by atoms with E-state index >= 15 is 0 Å². The third kappa shape index (κ3) is 4.15. The molecule has 2 rings (SSSR count). The lowest BCUT2D eigenvalue weighted by Gasteiger charge is -2.26. The number of rotatable bonds is 5. The maximum Gasteiger partial charge on any atom is 0.223 e. The van der Waals surface area contributed by atoms with Crippen molar-refractivity contribution in [2.45, 2.75) is 32.2 Å². The molecule has 1 aromatic carbocycles. The number of nitrogens with one attached hydrogen (secondary N) is 1. The predicted molar refractivity (Wildman–Crippen MR) is 73.2 cm³/mol. The topological polar surface area (TPSA) is 32.3 Å². The molecular formula is C15H22N2O. The summed E-state index contributed by atoms with van der Waals surface area (Å²) in [4.78, 5) is 13.9. The summed E-state index contributed by atoms with van der Waals surface area (Å²) in [6, 6.07) is 10.3. The minimum atomic E-state index is 0.301. The van der Waals surface area contributed by atoms with Crippen LogP contribution < -0.4 is 5.32 Å². The molecule has 1 aliphatic heterocycles. The molecule has 0 saturated carbocycles. The van der Waals surface area contributed by atoms with E-state index in [1.54, 1.807) is 0 Å². The van der Waals surface area contributed by atoms with Crippen LogP contribution in [0, 0.1) is 0 Å². The molecule has 0 aliphatic carbocycles. The van der Waals surface area contributed by atoms with Gasteiger partial charge in [0.25, 0.3) is 0 Å². The van der Waals surface area contributed by atoms with Crippen LogP contribution in [0.2, 0.25) is 0 Å². The summed E-state index contributed by atoms with van der Waals surface area (Å²) < 4.78 is 0. The van der Waals surface area contributed by atoms with Gasteiger partial charge in [0.1, 0.15) is 0 Å². The lowest BCUT2D eigenvalue weighted by molar-refractivity contribution is -0.131. The highest BCUT2D eigenvalue weighted by atomic mass is 16.2. The molecule has 1 aromatic rings. The van der Waals surface area contributed by atoms with Crippen molar-refractivity contribution in [2.75, 3.05) is 19.6 Å². The number of benzene rings is 1. The Labute approximate surface area is 109 Å². The Bertz CT molecular complexity index is 358. The molecule has 18 heavy (non-hydrogen) atoms. The van der Waals surface area contributed by atoms with E-state index in [0.29, 0.717) is 12.3 Å². The molecule has 98 valence electrons. The first-order valence-corrected chi connectivity index (χ1v) is 6.89. The molecular weight excluding hydrogens is 224 g/mol. The average molecular weight is 246 g/mol. The molecule has 0 bridgehead atoms. The number of piperidine rings is 1. The van der Waals surface area contributed by atoms with Crippen LogP contribution in [0.1, 0.15) is 31.2 Å². The number of amides is 1. The van der Waals surface area contributed by atoms with Gasteiger partial charge in [-0.15, -0.1) is 0 Å². The van der Waals surface area contributed by atoms with Crippen LogP contribution in [0.4, 0.5) is 0 Å². The first-order valence-electron chi connectivity index (χ1n) is 6.89. The molecule has 3 nitrogen and oxygen atoms in total. The molecule has 0 unspecified atom stereocenters. The molecule has 0 aromatic heterocycles. The van der Waals surface area contributed by atoms with E-state index < -0.39 is 0 Å². The van der Waals surface area contributed by atoms with E-state index in [1.165, 1.54) is 24.8 Å². The van der Waals surface area contributed by atoms with Gasteiger partial charge in [-0.2, -0.15) is 0 Å². The number of nitrogens with zero attached hydrogens (tertiary/aromatic N) is 1. The van der Waals surface area contributed by atoms with E-state index in [-0.39, 0.29) is 0 Å². The maximum atomic E-state index is 11.9. The zero-order valence-corrected chi connectivity index (χ0v) is 10.9. The largest absolute Gasteiger partial charge is 0.343 e. The van der Waals surface area contributed by atoms with E-state index in [2.05, 4.69) is 17.4 Å². The third-order valence-electron chi connectivity index (χ3n) is 3.40. The van der Waals surface area contributed by atoms with Gasteiger partial charge in [0.05, 0.1) is 0 Å². The first-order chi connectivity index (χ1) is 8.86. The van der Waals surface area contributed by atoms with Gasteiger partial charge in [0.2, 0.25) is 5.91 Å². The average Bonchev–Trinajstić information content (AvgIpc) is 2.45. The molecule has 0 radical (unpaired) electrons. The van der Waals surface area contributed by atoms with Crippen molar-refractivity contribution in [3.05, 3.63) is 35.9 Å². The quantitative estimate of drug-likeness (QED) is 0.808. The Morgan fingerprint density at radius 3 is 2.56 bits per heavy atom. The Morgan fingerprint density at radius 1 is 1.11 bits per heavy atom. The highest BCUT2D eigenvalue weighted by Crippen LogP contribution is 2.09. The number of hydrogen-bond acceptors (Lipinski definition) is 2. The summed E-state index contributed by atoms with van der Waals surface area (Å²) in [7, 11) is 0. The highest BCUT2D eigenvalue weighted by Gasteiger charge is 2.15. The van der Waals surface area contributed by atoms with Crippen LogP contribution in [-0.2, 0) is 11.3 Å². The monoisotopic (exact) mass is 246 g/mol. The van der Waals surface area contributed by atoms with Gasteiger partial charge in [-0.05, 0) is 24.8 Å². The molecule has 0 spiro atoms. The summed E-state index contributed by atoms with van der Waals surface area (Å²) in [6.07, 6.45) is 4.23. The minimum absolute atomic E-state index is 0.301. The first kappa shape index (κ1) is 13.1. The highest BCUT2D eigenvalue weighted by molar-refractivity contribution is 5.76. The van der Waals surface area contributed by atoms with Crippen molar-refractivity contribution in [1.82, 2.24) is 10.2 Å². The molecule has 1 amide bonds. The van der Waals surface area contributed by atoms with Gasteiger partial charge >= 0.3 is 0 Å². The lowest BCUT2D eigenvalue weighted by atomic mass is 10.1. The summed E-state index contributed by atoms with van der Waals surface area (Å²) in [6.45, 7) is 3.52. The van der Waals surface area contributed by atoms with Gasteiger partial charge in [-0.3, -0.25) is 4.79 Å². The normalized spacial score (nSPS) is 15.7. The van der Waals surface area contributed by atoms with Gasteiger partial charge in [0.15, 0.2) is 0 Å². The molecule has 1 N–H and O–H groups in total. The second-order valence-corrected chi connectivity index (χ2v) is 4.85. The second kappa shape index (κ2) is 7.17. The van der Waals surface area contributed by atoms with Crippen LogP contribution in [0.3, 0.4) is 0 Å². The van der Waals surface area contributed by atoms with Crippen molar-refractivity contribution >= 4 is 5.91 Å². The summed E-state index contributed by atoms with van der Waals surface area (Å²) in [5.74, 6) is 0.301.